The van der Waals surface area contributed by atoms with E-state index in [4.69, 9.17) is 5.11 Å². The Labute approximate surface area is 122 Å². The van der Waals surface area contributed by atoms with Gasteiger partial charge in [0.2, 0.25) is 5.91 Å². The van der Waals surface area contributed by atoms with Crippen LogP contribution in [0.25, 0.3) is 0 Å². The van der Waals surface area contributed by atoms with E-state index < -0.39 is 5.97 Å². The Kier molecular flexibility index (Phi) is 5.27. The lowest BCUT2D eigenvalue weighted by atomic mass is 9.99. The van der Waals surface area contributed by atoms with E-state index in [0.717, 1.165) is 31.5 Å². The van der Waals surface area contributed by atoms with Crippen LogP contribution in [-0.2, 0) is 16.0 Å². The molecule has 1 atom stereocenters. The van der Waals surface area contributed by atoms with Crippen LogP contribution in [0.15, 0.2) is 24.3 Å². The Hall–Kier alpha value is -1.95. The molecule has 6 heteroatoms. The number of nitrogens with zero attached hydrogens (tertiary/aromatic N) is 1. The zero-order chi connectivity index (χ0) is 15.2. The minimum atomic E-state index is -1.04. The molecule has 1 aromatic carbocycles. The van der Waals surface area contributed by atoms with Crippen molar-refractivity contribution in [3.8, 4) is 0 Å². The van der Waals surface area contributed by atoms with Crippen molar-refractivity contribution < 1.29 is 19.1 Å². The van der Waals surface area contributed by atoms with Gasteiger partial charge in [0, 0.05) is 6.54 Å². The van der Waals surface area contributed by atoms with E-state index in [9.17, 15) is 14.0 Å². The number of benzene rings is 1. The molecule has 0 bridgehead atoms. The van der Waals surface area contributed by atoms with Crippen LogP contribution in [0.5, 0.6) is 0 Å². The predicted molar refractivity (Wildman–Crippen MR) is 75.3 cm³/mol. The zero-order valence-electron chi connectivity index (χ0n) is 11.7. The average molecular weight is 294 g/mol. The van der Waals surface area contributed by atoms with Crippen molar-refractivity contribution in [3.63, 3.8) is 0 Å². The van der Waals surface area contributed by atoms with Crippen molar-refractivity contribution in [1.29, 1.82) is 0 Å². The molecule has 1 saturated heterocycles. The molecule has 0 spiro atoms. The van der Waals surface area contributed by atoms with E-state index in [1.54, 1.807) is 12.1 Å². The second-order valence-electron chi connectivity index (χ2n) is 5.39. The van der Waals surface area contributed by atoms with Crippen LogP contribution in [0.3, 0.4) is 0 Å². The molecule has 1 heterocycles. The number of carbonyl (C=O) groups is 2. The van der Waals surface area contributed by atoms with Crippen LogP contribution in [0.4, 0.5) is 4.39 Å². The van der Waals surface area contributed by atoms with E-state index in [-0.39, 0.29) is 24.8 Å². The third-order valence-electron chi connectivity index (χ3n) is 3.61. The summed E-state index contributed by atoms with van der Waals surface area (Å²) in [5.41, 5.74) is 1.10. The minimum Gasteiger partial charge on any atom is -0.480 e. The van der Waals surface area contributed by atoms with Gasteiger partial charge in [-0.25, -0.2) is 4.39 Å². The highest BCUT2D eigenvalue weighted by atomic mass is 19.1. The van der Waals surface area contributed by atoms with Gasteiger partial charge in [0.25, 0.3) is 0 Å². The molecule has 5 nitrogen and oxygen atoms in total. The zero-order valence-corrected chi connectivity index (χ0v) is 11.7. The lowest BCUT2D eigenvalue weighted by Gasteiger charge is -2.15. The van der Waals surface area contributed by atoms with Crippen LogP contribution in [0, 0.1) is 11.7 Å². The van der Waals surface area contributed by atoms with Gasteiger partial charge in [0.15, 0.2) is 0 Å². The highest BCUT2D eigenvalue weighted by molar-refractivity contribution is 5.82. The van der Waals surface area contributed by atoms with Crippen molar-refractivity contribution in [3.05, 3.63) is 35.6 Å². The van der Waals surface area contributed by atoms with E-state index in [1.165, 1.54) is 12.1 Å². The smallest absolute Gasteiger partial charge is 0.322 e. The second-order valence-corrected chi connectivity index (χ2v) is 5.39. The summed E-state index contributed by atoms with van der Waals surface area (Å²) in [7, 11) is 0. The second kappa shape index (κ2) is 7.17. The van der Waals surface area contributed by atoms with Crippen LogP contribution in [0.2, 0.25) is 0 Å². The van der Waals surface area contributed by atoms with E-state index in [0.29, 0.717) is 5.92 Å². The fraction of sp³-hybridized carbons (Fsp3) is 0.467. The maximum Gasteiger partial charge on any atom is 0.322 e. The normalized spacial score (nSPS) is 18.6. The summed E-state index contributed by atoms with van der Waals surface area (Å²) in [6.07, 6.45) is 1.86. The van der Waals surface area contributed by atoms with Crippen LogP contribution >= 0.6 is 0 Å². The maximum atomic E-state index is 12.8. The van der Waals surface area contributed by atoms with Gasteiger partial charge in [-0.1, -0.05) is 12.1 Å². The van der Waals surface area contributed by atoms with Gasteiger partial charge in [0.1, 0.15) is 12.4 Å². The van der Waals surface area contributed by atoms with E-state index in [2.05, 4.69) is 5.32 Å². The number of hydrogen-bond acceptors (Lipinski definition) is 3. The van der Waals surface area contributed by atoms with Crippen molar-refractivity contribution in [2.45, 2.75) is 12.8 Å². The first-order valence-electron chi connectivity index (χ1n) is 6.98. The highest BCUT2D eigenvalue weighted by Crippen LogP contribution is 2.20. The van der Waals surface area contributed by atoms with Gasteiger partial charge in [-0.3, -0.25) is 14.5 Å². The molecule has 114 valence electrons. The van der Waals surface area contributed by atoms with Crippen molar-refractivity contribution in [1.82, 2.24) is 10.2 Å². The molecule has 1 unspecified atom stereocenters. The molecule has 1 aliphatic rings. The molecule has 1 amide bonds. The molecule has 1 aliphatic heterocycles. The Morgan fingerprint density at radius 1 is 1.33 bits per heavy atom. The lowest BCUT2D eigenvalue weighted by molar-refractivity contribution is -0.138. The number of rotatable bonds is 6. The number of carbonyl (C=O) groups excluding carboxylic acids is 1. The monoisotopic (exact) mass is 294 g/mol. The standard InChI is InChI=1S/C15H19FN2O3/c16-13-3-1-11(2-4-13)7-12-5-6-18(9-12)10-14(19)17-8-15(20)21/h1-4,12H,5-10H2,(H,17,19)(H,20,21). The summed E-state index contributed by atoms with van der Waals surface area (Å²) >= 11 is 0. The summed E-state index contributed by atoms with van der Waals surface area (Å²) in [5, 5.41) is 10.9. The summed E-state index contributed by atoms with van der Waals surface area (Å²) < 4.78 is 12.8. The first-order valence-corrected chi connectivity index (χ1v) is 6.98. The van der Waals surface area contributed by atoms with Crippen LogP contribution in [-0.4, -0.2) is 48.1 Å². The summed E-state index contributed by atoms with van der Waals surface area (Å²) in [4.78, 5) is 23.9. The summed E-state index contributed by atoms with van der Waals surface area (Å²) in [6.45, 7) is 1.52. The van der Waals surface area contributed by atoms with Crippen molar-refractivity contribution in [2.75, 3.05) is 26.2 Å². The van der Waals surface area contributed by atoms with Gasteiger partial charge in [-0.2, -0.15) is 0 Å². The number of aliphatic carboxylic acids is 1. The van der Waals surface area contributed by atoms with Gasteiger partial charge in [-0.05, 0) is 43.0 Å². The molecule has 21 heavy (non-hydrogen) atoms. The molecule has 0 saturated carbocycles. The SMILES string of the molecule is O=C(O)CNC(=O)CN1CCC(Cc2ccc(F)cc2)C1. The van der Waals surface area contributed by atoms with Gasteiger partial charge >= 0.3 is 5.97 Å². The fourth-order valence-corrected chi connectivity index (χ4v) is 2.61. The Bertz CT molecular complexity index is 504. The average Bonchev–Trinajstić information content (AvgIpc) is 2.86. The van der Waals surface area contributed by atoms with Gasteiger partial charge in [0.05, 0.1) is 6.54 Å². The Balaban J connectivity index is 1.74. The number of halogens is 1. The van der Waals surface area contributed by atoms with Crippen molar-refractivity contribution in [2.24, 2.45) is 5.92 Å². The van der Waals surface area contributed by atoms with Gasteiger partial charge < -0.3 is 10.4 Å². The number of hydrogen-bond donors (Lipinski definition) is 2. The van der Waals surface area contributed by atoms with Gasteiger partial charge in [-0.15, -0.1) is 0 Å². The first-order chi connectivity index (χ1) is 10.0. The fourth-order valence-electron chi connectivity index (χ4n) is 2.61. The Morgan fingerprint density at radius 2 is 2.05 bits per heavy atom. The molecule has 0 radical (unpaired) electrons. The number of carboxylic acid groups (broad SMARTS) is 1. The minimum absolute atomic E-state index is 0.229. The largest absolute Gasteiger partial charge is 0.480 e. The van der Waals surface area contributed by atoms with E-state index in [1.807, 2.05) is 4.90 Å². The summed E-state index contributed by atoms with van der Waals surface area (Å²) in [5.74, 6) is -1.09. The maximum absolute atomic E-state index is 12.8. The predicted octanol–water partition coefficient (Wildman–Crippen LogP) is 0.891. The molecule has 2 rings (SSSR count). The quantitative estimate of drug-likeness (QED) is 0.817. The number of likely N-dealkylation sites (tertiary alicyclic amines) is 1. The van der Waals surface area contributed by atoms with E-state index >= 15 is 0 Å². The third-order valence-corrected chi connectivity index (χ3v) is 3.61. The van der Waals surface area contributed by atoms with Crippen molar-refractivity contribution >= 4 is 11.9 Å². The first kappa shape index (κ1) is 15.4. The molecule has 0 aromatic heterocycles. The summed E-state index contributed by atoms with van der Waals surface area (Å²) in [6, 6.07) is 6.50. The van der Waals surface area contributed by atoms with Crippen LogP contribution < -0.4 is 5.32 Å². The Morgan fingerprint density at radius 3 is 2.71 bits per heavy atom. The number of nitrogens with one attached hydrogen (secondary N) is 1. The van der Waals surface area contributed by atoms with Crippen LogP contribution in [0.1, 0.15) is 12.0 Å². The molecule has 1 fully saturated rings. The molecular weight excluding hydrogens is 275 g/mol. The molecule has 2 N–H and O–H groups in total. The third kappa shape index (κ3) is 5.15. The molecule has 0 aliphatic carbocycles. The topological polar surface area (TPSA) is 69.6 Å². The molecular formula is C15H19FN2O3. The highest BCUT2D eigenvalue weighted by Gasteiger charge is 2.24. The number of amides is 1. The lowest BCUT2D eigenvalue weighted by Crippen LogP contribution is -2.38. The molecule has 1 aromatic rings. The number of carboxylic acids is 1.